The third-order valence-electron chi connectivity index (χ3n) is 2.73. The number of anilines is 3. The molecule has 0 unspecified atom stereocenters. The molecule has 100 valence electrons. The van der Waals surface area contributed by atoms with Gasteiger partial charge in [0.2, 0.25) is 0 Å². The summed E-state index contributed by atoms with van der Waals surface area (Å²) in [6.45, 7) is 0. The maximum Gasteiger partial charge on any atom is 0.160 e. The molecule has 3 aromatic rings. The first-order chi connectivity index (χ1) is 9.76. The number of hydrogen-bond donors (Lipinski definition) is 2. The van der Waals surface area contributed by atoms with E-state index >= 15 is 0 Å². The molecule has 0 fully saturated rings. The topological polar surface area (TPSA) is 75.6 Å². The van der Waals surface area contributed by atoms with Crippen LogP contribution in [0.3, 0.4) is 0 Å². The zero-order valence-corrected chi connectivity index (χ0v) is 11.4. The Morgan fingerprint density at radius 1 is 1.05 bits per heavy atom. The van der Waals surface area contributed by atoms with Gasteiger partial charge in [0.05, 0.1) is 17.4 Å². The molecule has 3 aromatic heterocycles. The van der Waals surface area contributed by atoms with Gasteiger partial charge in [-0.15, -0.1) is 0 Å². The lowest BCUT2D eigenvalue weighted by Crippen LogP contribution is -1.99. The van der Waals surface area contributed by atoms with E-state index in [0.717, 1.165) is 17.0 Å². The average molecular weight is 287 g/mol. The van der Waals surface area contributed by atoms with Crippen molar-refractivity contribution in [1.29, 1.82) is 0 Å². The summed E-state index contributed by atoms with van der Waals surface area (Å²) in [7, 11) is 1.82. The standard InChI is InChI=1S/C13H11ClN6/c1-15-11-5-2-8(6-16-11)19-13-12-9(17-7-18-13)3-4-10(14)20-12/h2-7H,1H3,(H,15,16)(H,17,18,19). The minimum absolute atomic E-state index is 0.402. The molecule has 0 atom stereocenters. The van der Waals surface area contributed by atoms with Crippen LogP contribution in [0.1, 0.15) is 0 Å². The van der Waals surface area contributed by atoms with Crippen molar-refractivity contribution in [1.82, 2.24) is 19.9 Å². The van der Waals surface area contributed by atoms with Crippen molar-refractivity contribution in [3.8, 4) is 0 Å². The highest BCUT2D eigenvalue weighted by atomic mass is 35.5. The molecule has 0 radical (unpaired) electrons. The summed E-state index contributed by atoms with van der Waals surface area (Å²) in [5, 5.41) is 6.53. The molecule has 20 heavy (non-hydrogen) atoms. The van der Waals surface area contributed by atoms with Gasteiger partial charge >= 0.3 is 0 Å². The van der Waals surface area contributed by atoms with Gasteiger partial charge in [-0.3, -0.25) is 0 Å². The van der Waals surface area contributed by atoms with E-state index in [1.54, 1.807) is 18.3 Å². The van der Waals surface area contributed by atoms with Crippen molar-refractivity contribution >= 4 is 40.0 Å². The Bertz CT molecular complexity index is 743. The summed E-state index contributed by atoms with van der Waals surface area (Å²) in [5.74, 6) is 1.39. The normalized spacial score (nSPS) is 10.5. The molecular formula is C13H11ClN6. The molecule has 0 saturated heterocycles. The summed E-state index contributed by atoms with van der Waals surface area (Å²) in [5.41, 5.74) is 2.16. The van der Waals surface area contributed by atoms with Crippen LogP contribution in [0.2, 0.25) is 5.15 Å². The largest absolute Gasteiger partial charge is 0.373 e. The molecule has 0 aliphatic heterocycles. The first kappa shape index (κ1) is 12.6. The minimum atomic E-state index is 0.402. The number of nitrogens with zero attached hydrogens (tertiary/aromatic N) is 4. The molecule has 0 aliphatic rings. The molecular weight excluding hydrogens is 276 g/mol. The smallest absolute Gasteiger partial charge is 0.160 e. The molecule has 3 rings (SSSR count). The summed E-state index contributed by atoms with van der Waals surface area (Å²) >= 11 is 5.92. The van der Waals surface area contributed by atoms with Gasteiger partial charge in [0.15, 0.2) is 5.82 Å². The maximum absolute atomic E-state index is 5.92. The van der Waals surface area contributed by atoms with Gasteiger partial charge in [-0.05, 0) is 24.3 Å². The molecule has 0 aliphatic carbocycles. The highest BCUT2D eigenvalue weighted by Crippen LogP contribution is 2.22. The highest BCUT2D eigenvalue weighted by molar-refractivity contribution is 6.29. The lowest BCUT2D eigenvalue weighted by molar-refractivity contribution is 1.19. The van der Waals surface area contributed by atoms with Gasteiger partial charge in [-0.1, -0.05) is 11.6 Å². The van der Waals surface area contributed by atoms with Gasteiger partial charge in [0.1, 0.15) is 22.8 Å². The van der Waals surface area contributed by atoms with Crippen LogP contribution >= 0.6 is 11.6 Å². The molecule has 0 spiro atoms. The third-order valence-corrected chi connectivity index (χ3v) is 2.94. The molecule has 0 bridgehead atoms. The van der Waals surface area contributed by atoms with Crippen molar-refractivity contribution in [3.63, 3.8) is 0 Å². The van der Waals surface area contributed by atoms with E-state index in [1.165, 1.54) is 6.33 Å². The fourth-order valence-electron chi connectivity index (χ4n) is 1.76. The zero-order chi connectivity index (χ0) is 13.9. The second-order valence-corrected chi connectivity index (χ2v) is 4.42. The van der Waals surface area contributed by atoms with Crippen molar-refractivity contribution in [2.24, 2.45) is 0 Å². The van der Waals surface area contributed by atoms with Crippen molar-refractivity contribution in [3.05, 3.63) is 41.9 Å². The average Bonchev–Trinajstić information content (AvgIpc) is 2.49. The SMILES string of the molecule is CNc1ccc(Nc2ncnc3ccc(Cl)nc23)cn1. The van der Waals surface area contributed by atoms with Crippen LogP contribution in [0.4, 0.5) is 17.3 Å². The third kappa shape index (κ3) is 2.46. The lowest BCUT2D eigenvalue weighted by atomic mass is 10.3. The van der Waals surface area contributed by atoms with E-state index in [4.69, 9.17) is 11.6 Å². The molecule has 0 amide bonds. The van der Waals surface area contributed by atoms with Crippen LogP contribution in [0.5, 0.6) is 0 Å². The van der Waals surface area contributed by atoms with Gasteiger partial charge in [-0.25, -0.2) is 19.9 Å². The van der Waals surface area contributed by atoms with E-state index in [-0.39, 0.29) is 0 Å². The van der Waals surface area contributed by atoms with Crippen molar-refractivity contribution in [2.45, 2.75) is 0 Å². The quantitative estimate of drug-likeness (QED) is 0.721. The predicted octanol–water partition coefficient (Wildman–Crippen LogP) is 2.86. The second-order valence-electron chi connectivity index (χ2n) is 4.03. The summed E-state index contributed by atoms with van der Waals surface area (Å²) in [4.78, 5) is 16.8. The predicted molar refractivity (Wildman–Crippen MR) is 79.4 cm³/mol. The minimum Gasteiger partial charge on any atom is -0.373 e. The van der Waals surface area contributed by atoms with Crippen LogP contribution in [0.25, 0.3) is 11.0 Å². The Balaban J connectivity index is 1.99. The van der Waals surface area contributed by atoms with Gasteiger partial charge in [0.25, 0.3) is 0 Å². The number of pyridine rings is 2. The first-order valence-corrected chi connectivity index (χ1v) is 6.32. The van der Waals surface area contributed by atoms with Crippen molar-refractivity contribution < 1.29 is 0 Å². The van der Waals surface area contributed by atoms with Crippen molar-refractivity contribution in [2.75, 3.05) is 17.7 Å². The number of fused-ring (bicyclic) bond motifs is 1. The fourth-order valence-corrected chi connectivity index (χ4v) is 1.91. The van der Waals surface area contributed by atoms with Gasteiger partial charge in [0, 0.05) is 7.05 Å². The van der Waals surface area contributed by atoms with Gasteiger partial charge < -0.3 is 10.6 Å². The van der Waals surface area contributed by atoms with Crippen LogP contribution in [-0.2, 0) is 0 Å². The Morgan fingerprint density at radius 3 is 2.70 bits per heavy atom. The number of aromatic nitrogens is 4. The lowest BCUT2D eigenvalue weighted by Gasteiger charge is -2.08. The highest BCUT2D eigenvalue weighted by Gasteiger charge is 2.06. The van der Waals surface area contributed by atoms with E-state index in [0.29, 0.717) is 16.5 Å². The summed E-state index contributed by atoms with van der Waals surface area (Å²) < 4.78 is 0. The number of rotatable bonds is 3. The van der Waals surface area contributed by atoms with E-state index in [1.807, 2.05) is 19.2 Å². The van der Waals surface area contributed by atoms with Crippen LogP contribution in [0.15, 0.2) is 36.8 Å². The Labute approximate surface area is 120 Å². The molecule has 0 saturated carbocycles. The van der Waals surface area contributed by atoms with E-state index in [9.17, 15) is 0 Å². The van der Waals surface area contributed by atoms with E-state index in [2.05, 4.69) is 30.6 Å². The van der Waals surface area contributed by atoms with Crippen LogP contribution in [0, 0.1) is 0 Å². The molecule has 0 aromatic carbocycles. The monoisotopic (exact) mass is 286 g/mol. The zero-order valence-electron chi connectivity index (χ0n) is 10.6. The fraction of sp³-hybridized carbons (Fsp3) is 0.0769. The number of halogens is 1. The Morgan fingerprint density at radius 2 is 1.95 bits per heavy atom. The summed E-state index contributed by atoms with van der Waals surface area (Å²) in [6, 6.07) is 7.27. The Hall–Kier alpha value is -2.47. The molecule has 7 heteroatoms. The number of nitrogens with one attached hydrogen (secondary N) is 2. The molecule has 2 N–H and O–H groups in total. The van der Waals surface area contributed by atoms with Gasteiger partial charge in [-0.2, -0.15) is 0 Å². The first-order valence-electron chi connectivity index (χ1n) is 5.94. The second kappa shape index (κ2) is 5.26. The summed E-state index contributed by atoms with van der Waals surface area (Å²) in [6.07, 6.45) is 3.19. The number of hydrogen-bond acceptors (Lipinski definition) is 6. The molecule has 3 heterocycles. The molecule has 6 nitrogen and oxygen atoms in total. The van der Waals surface area contributed by atoms with Crippen LogP contribution in [-0.4, -0.2) is 27.0 Å². The Kier molecular flexibility index (Phi) is 3.30. The van der Waals surface area contributed by atoms with Crippen LogP contribution < -0.4 is 10.6 Å². The maximum atomic E-state index is 5.92. The van der Waals surface area contributed by atoms with E-state index < -0.39 is 0 Å².